The molecule has 0 saturated carbocycles. The molecule has 1 heterocycles. The first-order valence-electron chi connectivity index (χ1n) is 14.9. The van der Waals surface area contributed by atoms with E-state index in [0.717, 1.165) is 50.5 Å². The van der Waals surface area contributed by atoms with E-state index in [-0.39, 0.29) is 23.8 Å². The average molecular weight is 605 g/mol. The number of ether oxygens (including phenoxy) is 1. The van der Waals surface area contributed by atoms with Crippen molar-refractivity contribution in [2.24, 2.45) is 16.5 Å². The Morgan fingerprint density at radius 3 is 2.23 bits per heavy atom. The lowest BCUT2D eigenvalue weighted by atomic mass is 10.0. The molecule has 1 aromatic carbocycles. The Hall–Kier alpha value is -3.20. The average Bonchev–Trinajstić information content (AvgIpc) is 3.02. The summed E-state index contributed by atoms with van der Waals surface area (Å²) in [5.41, 5.74) is 12.6. The summed E-state index contributed by atoms with van der Waals surface area (Å²) in [5, 5.41) is 49.2. The van der Waals surface area contributed by atoms with Crippen LogP contribution in [-0.2, 0) is 6.42 Å². The van der Waals surface area contributed by atoms with Crippen LogP contribution in [0.3, 0.4) is 0 Å². The van der Waals surface area contributed by atoms with E-state index < -0.39 is 36.9 Å². The number of nitrogens with two attached hydrogens (primary N) is 2. The Labute approximate surface area is 253 Å². The zero-order valence-corrected chi connectivity index (χ0v) is 25.0. The SMILES string of the molecule is CCCCCCN(CCOc1ccc(CCCCN=C(N)c2nccnc2C(N)=O)cc1)C[C@@H](O)[C@H](O)[C@H](O)[C@@H](O)CO. The third-order valence-electron chi connectivity index (χ3n) is 7.03. The lowest BCUT2D eigenvalue weighted by Crippen LogP contribution is -2.50. The number of carbonyl (C=O) groups is 1. The molecular formula is C30H48N6O7. The van der Waals surface area contributed by atoms with Gasteiger partial charge in [0.1, 0.15) is 42.2 Å². The Morgan fingerprint density at radius 1 is 0.907 bits per heavy atom. The fourth-order valence-corrected chi connectivity index (χ4v) is 4.46. The van der Waals surface area contributed by atoms with Gasteiger partial charge in [0.15, 0.2) is 5.69 Å². The summed E-state index contributed by atoms with van der Waals surface area (Å²) in [7, 11) is 0. The molecule has 4 atom stereocenters. The minimum atomic E-state index is -1.65. The summed E-state index contributed by atoms with van der Waals surface area (Å²) in [6.45, 7) is 3.52. The van der Waals surface area contributed by atoms with Crippen LogP contribution >= 0.6 is 0 Å². The standard InChI is InChI=1S/C30H48N6O7/c1-2-3-4-7-16-36(19-23(38)27(40)28(41)24(39)20-37)17-18-43-22-11-9-21(10-12-22)8-5-6-13-35-29(31)25-26(30(32)42)34-15-14-33-25/h9-12,14-15,23-24,27-28,37-41H,2-8,13,16-20H2,1H3,(H2,31,35)(H2,32,42)/t23-,24+,27+,28-/m1/s1. The Bertz CT molecular complexity index is 1100. The van der Waals surface area contributed by atoms with E-state index in [9.17, 15) is 25.2 Å². The van der Waals surface area contributed by atoms with Gasteiger partial charge in [0.05, 0.1) is 12.7 Å². The van der Waals surface area contributed by atoms with Crippen molar-refractivity contribution in [3.8, 4) is 5.75 Å². The number of rotatable bonds is 22. The number of amidine groups is 1. The van der Waals surface area contributed by atoms with Gasteiger partial charge in [-0.25, -0.2) is 9.97 Å². The third-order valence-corrected chi connectivity index (χ3v) is 7.03. The van der Waals surface area contributed by atoms with E-state index in [1.54, 1.807) is 0 Å². The number of carbonyl (C=O) groups excluding carboxylic acids is 1. The van der Waals surface area contributed by atoms with Crippen LogP contribution in [0.4, 0.5) is 0 Å². The Morgan fingerprint density at radius 2 is 1.58 bits per heavy atom. The van der Waals surface area contributed by atoms with Crippen molar-refractivity contribution in [2.75, 3.05) is 39.4 Å². The monoisotopic (exact) mass is 604 g/mol. The predicted octanol–water partition coefficient (Wildman–Crippen LogP) is 0.000700. The van der Waals surface area contributed by atoms with E-state index in [4.69, 9.17) is 21.3 Å². The number of aliphatic hydroxyl groups excluding tert-OH is 5. The molecule has 43 heavy (non-hydrogen) atoms. The van der Waals surface area contributed by atoms with Crippen LogP contribution in [0, 0.1) is 0 Å². The number of aryl methyl sites for hydroxylation is 1. The molecule has 0 spiro atoms. The number of aliphatic imine (C=N–C) groups is 1. The molecular weight excluding hydrogens is 556 g/mol. The highest BCUT2D eigenvalue weighted by molar-refractivity contribution is 6.05. The Balaban J connectivity index is 1.79. The fraction of sp³-hybridized carbons (Fsp3) is 0.600. The molecule has 0 fully saturated rings. The largest absolute Gasteiger partial charge is 0.492 e. The first kappa shape index (κ1) is 36.0. The normalized spacial score (nSPS) is 14.8. The lowest BCUT2D eigenvalue weighted by Gasteiger charge is -2.30. The number of aromatic nitrogens is 2. The van der Waals surface area contributed by atoms with Crippen LogP contribution in [0.15, 0.2) is 41.7 Å². The van der Waals surface area contributed by atoms with Gasteiger partial charge in [0.2, 0.25) is 0 Å². The third kappa shape index (κ3) is 12.9. The van der Waals surface area contributed by atoms with Crippen molar-refractivity contribution in [1.82, 2.24) is 14.9 Å². The number of hydrogen-bond donors (Lipinski definition) is 7. The number of nitrogens with zero attached hydrogens (tertiary/aromatic N) is 4. The van der Waals surface area contributed by atoms with E-state index in [2.05, 4.69) is 21.9 Å². The molecule has 0 aliphatic heterocycles. The van der Waals surface area contributed by atoms with Crippen molar-refractivity contribution in [1.29, 1.82) is 0 Å². The first-order valence-corrected chi connectivity index (χ1v) is 14.9. The van der Waals surface area contributed by atoms with Gasteiger partial charge in [-0.3, -0.25) is 14.7 Å². The van der Waals surface area contributed by atoms with E-state index in [1.807, 2.05) is 29.2 Å². The van der Waals surface area contributed by atoms with Crippen molar-refractivity contribution in [3.05, 3.63) is 53.6 Å². The van der Waals surface area contributed by atoms with Crippen molar-refractivity contribution >= 4 is 11.7 Å². The summed E-state index contributed by atoms with van der Waals surface area (Å²) in [6.07, 6.45) is 3.39. The van der Waals surface area contributed by atoms with E-state index in [1.165, 1.54) is 12.4 Å². The van der Waals surface area contributed by atoms with Crippen LogP contribution in [0.1, 0.15) is 67.2 Å². The molecule has 0 bridgehead atoms. The second-order valence-corrected chi connectivity index (χ2v) is 10.5. The zero-order valence-electron chi connectivity index (χ0n) is 25.0. The van der Waals surface area contributed by atoms with Crippen LogP contribution < -0.4 is 16.2 Å². The van der Waals surface area contributed by atoms with Crippen LogP contribution in [0.2, 0.25) is 0 Å². The maximum atomic E-state index is 11.5. The number of aliphatic hydroxyl groups is 5. The minimum absolute atomic E-state index is 0.00282. The van der Waals surface area contributed by atoms with Crippen molar-refractivity contribution in [3.63, 3.8) is 0 Å². The van der Waals surface area contributed by atoms with E-state index in [0.29, 0.717) is 32.0 Å². The van der Waals surface area contributed by atoms with Crippen molar-refractivity contribution < 1.29 is 35.1 Å². The summed E-state index contributed by atoms with van der Waals surface area (Å²) < 4.78 is 5.92. The molecule has 1 aromatic heterocycles. The van der Waals surface area contributed by atoms with Gasteiger partial charge >= 0.3 is 0 Å². The van der Waals surface area contributed by atoms with Crippen LogP contribution in [-0.4, -0.2) is 116 Å². The molecule has 9 N–H and O–H groups in total. The molecule has 0 radical (unpaired) electrons. The summed E-state index contributed by atoms with van der Waals surface area (Å²) >= 11 is 0. The fourth-order valence-electron chi connectivity index (χ4n) is 4.46. The molecule has 13 heteroatoms. The Kier molecular flexibility index (Phi) is 16.6. The number of primary amides is 1. The smallest absolute Gasteiger partial charge is 0.269 e. The zero-order chi connectivity index (χ0) is 31.6. The highest BCUT2D eigenvalue weighted by Gasteiger charge is 2.31. The second kappa shape index (κ2) is 19.9. The molecule has 0 aliphatic carbocycles. The van der Waals surface area contributed by atoms with Gasteiger partial charge in [-0.1, -0.05) is 38.3 Å². The highest BCUT2D eigenvalue weighted by Crippen LogP contribution is 2.15. The number of hydrogen-bond acceptors (Lipinski definition) is 11. The predicted molar refractivity (Wildman–Crippen MR) is 163 cm³/mol. The molecule has 0 unspecified atom stereocenters. The topological polar surface area (TPSA) is 221 Å². The number of amides is 1. The van der Waals surface area contributed by atoms with Gasteiger partial charge in [-0.15, -0.1) is 0 Å². The first-order chi connectivity index (χ1) is 20.7. The van der Waals surface area contributed by atoms with Gasteiger partial charge < -0.3 is 41.7 Å². The molecule has 2 rings (SSSR count). The number of unbranched alkanes of at least 4 members (excludes halogenated alkanes) is 4. The highest BCUT2D eigenvalue weighted by atomic mass is 16.5. The van der Waals surface area contributed by atoms with Crippen molar-refractivity contribution in [2.45, 2.75) is 76.3 Å². The van der Waals surface area contributed by atoms with E-state index >= 15 is 0 Å². The molecule has 13 nitrogen and oxygen atoms in total. The molecule has 0 saturated heterocycles. The van der Waals surface area contributed by atoms with Gasteiger partial charge in [-0.2, -0.15) is 0 Å². The number of benzene rings is 1. The molecule has 240 valence electrons. The van der Waals surface area contributed by atoms with Gasteiger partial charge in [0.25, 0.3) is 5.91 Å². The minimum Gasteiger partial charge on any atom is -0.492 e. The quantitative estimate of drug-likeness (QED) is 0.0538. The molecule has 1 amide bonds. The summed E-state index contributed by atoms with van der Waals surface area (Å²) in [4.78, 5) is 25.7. The van der Waals surface area contributed by atoms with Crippen LogP contribution in [0.25, 0.3) is 0 Å². The maximum Gasteiger partial charge on any atom is 0.269 e. The summed E-state index contributed by atoms with van der Waals surface area (Å²) in [6, 6.07) is 7.81. The van der Waals surface area contributed by atoms with Gasteiger partial charge in [-0.05, 0) is 49.9 Å². The molecule has 2 aromatic rings. The van der Waals surface area contributed by atoms with Gasteiger partial charge in [0, 0.05) is 32.0 Å². The second-order valence-electron chi connectivity index (χ2n) is 10.5. The van der Waals surface area contributed by atoms with Crippen LogP contribution in [0.5, 0.6) is 5.75 Å². The lowest BCUT2D eigenvalue weighted by molar-refractivity contribution is -0.119. The molecule has 0 aliphatic rings. The summed E-state index contributed by atoms with van der Waals surface area (Å²) in [5.74, 6) is 0.134. The maximum absolute atomic E-state index is 11.5.